The van der Waals surface area contributed by atoms with Crippen LogP contribution in [-0.2, 0) is 22.6 Å². The summed E-state index contributed by atoms with van der Waals surface area (Å²) in [7, 11) is 0. The molecule has 1 aliphatic heterocycles. The zero-order valence-corrected chi connectivity index (χ0v) is 10.7. The number of nitrogens with two attached hydrogens (primary N) is 1. The Morgan fingerprint density at radius 2 is 2.11 bits per heavy atom. The van der Waals surface area contributed by atoms with E-state index in [-0.39, 0.29) is 18.1 Å². The lowest BCUT2D eigenvalue weighted by molar-refractivity contribution is -0.131. The van der Waals surface area contributed by atoms with Gasteiger partial charge in [-0.25, -0.2) is 0 Å². The fourth-order valence-electron chi connectivity index (χ4n) is 2.22. The normalized spacial score (nSPS) is 23.0. The van der Waals surface area contributed by atoms with Gasteiger partial charge in [0.25, 0.3) is 0 Å². The molecule has 0 bridgehead atoms. The van der Waals surface area contributed by atoms with Crippen LogP contribution in [0.15, 0.2) is 24.3 Å². The van der Waals surface area contributed by atoms with Crippen LogP contribution in [0.1, 0.15) is 30.9 Å². The third-order valence-electron chi connectivity index (χ3n) is 3.32. The van der Waals surface area contributed by atoms with E-state index in [1.54, 1.807) is 0 Å². The molecule has 98 valence electrons. The Morgan fingerprint density at radius 3 is 2.72 bits per heavy atom. The van der Waals surface area contributed by atoms with E-state index in [9.17, 15) is 4.79 Å². The van der Waals surface area contributed by atoms with Crippen LogP contribution >= 0.6 is 0 Å². The molecule has 3 N–H and O–H groups in total. The van der Waals surface area contributed by atoms with Gasteiger partial charge in [0.05, 0.1) is 6.10 Å². The Labute approximate surface area is 108 Å². The summed E-state index contributed by atoms with van der Waals surface area (Å²) in [6.45, 7) is 3.00. The average Bonchev–Trinajstić information content (AvgIpc) is 2.83. The molecule has 1 heterocycles. The van der Waals surface area contributed by atoms with Gasteiger partial charge in [-0.05, 0) is 30.9 Å². The van der Waals surface area contributed by atoms with Crippen molar-refractivity contribution in [1.29, 1.82) is 0 Å². The fourth-order valence-corrected chi connectivity index (χ4v) is 2.22. The molecule has 1 fully saturated rings. The first-order valence-corrected chi connectivity index (χ1v) is 6.40. The van der Waals surface area contributed by atoms with Crippen molar-refractivity contribution in [3.05, 3.63) is 35.4 Å². The average molecular weight is 248 g/mol. The van der Waals surface area contributed by atoms with Crippen LogP contribution in [-0.4, -0.2) is 18.1 Å². The molecule has 1 amide bonds. The quantitative estimate of drug-likeness (QED) is 0.845. The van der Waals surface area contributed by atoms with Crippen molar-refractivity contribution in [2.24, 2.45) is 5.73 Å². The van der Waals surface area contributed by atoms with Gasteiger partial charge in [0.2, 0.25) is 5.91 Å². The molecule has 1 aliphatic rings. The van der Waals surface area contributed by atoms with Gasteiger partial charge in [-0.2, -0.15) is 0 Å². The van der Waals surface area contributed by atoms with Crippen molar-refractivity contribution in [3.63, 3.8) is 0 Å². The van der Waals surface area contributed by atoms with Crippen molar-refractivity contribution >= 4 is 5.91 Å². The highest BCUT2D eigenvalue weighted by molar-refractivity contribution is 5.81. The smallest absolute Gasteiger partial charge is 0.249 e. The standard InChI is InChI=1S/C14H20N2O2/c1-10-6-7-13(18-10)14(17)16-9-12-5-3-2-4-11(12)8-15/h2-5,10,13H,6-9,15H2,1H3,(H,16,17). The number of benzene rings is 1. The highest BCUT2D eigenvalue weighted by Gasteiger charge is 2.27. The Hall–Kier alpha value is -1.39. The maximum atomic E-state index is 11.9. The molecule has 1 aromatic rings. The Kier molecular flexibility index (Phi) is 4.33. The molecule has 4 nitrogen and oxygen atoms in total. The monoisotopic (exact) mass is 248 g/mol. The van der Waals surface area contributed by atoms with Gasteiger partial charge in [0.15, 0.2) is 0 Å². The topological polar surface area (TPSA) is 64.4 Å². The van der Waals surface area contributed by atoms with E-state index in [0.717, 1.165) is 24.0 Å². The van der Waals surface area contributed by atoms with Crippen LogP contribution < -0.4 is 11.1 Å². The summed E-state index contributed by atoms with van der Waals surface area (Å²) in [4.78, 5) is 11.9. The fraction of sp³-hybridized carbons (Fsp3) is 0.500. The Balaban J connectivity index is 1.89. The minimum absolute atomic E-state index is 0.0221. The van der Waals surface area contributed by atoms with Crippen LogP contribution in [0.3, 0.4) is 0 Å². The zero-order chi connectivity index (χ0) is 13.0. The second-order valence-corrected chi connectivity index (χ2v) is 4.70. The number of carbonyl (C=O) groups is 1. The molecule has 0 saturated carbocycles. The summed E-state index contributed by atoms with van der Waals surface area (Å²) in [6, 6.07) is 7.88. The van der Waals surface area contributed by atoms with E-state index < -0.39 is 0 Å². The van der Waals surface area contributed by atoms with Crippen molar-refractivity contribution in [3.8, 4) is 0 Å². The number of rotatable bonds is 4. The zero-order valence-electron chi connectivity index (χ0n) is 10.7. The largest absolute Gasteiger partial charge is 0.365 e. The molecule has 1 saturated heterocycles. The van der Waals surface area contributed by atoms with E-state index in [0.29, 0.717) is 13.1 Å². The summed E-state index contributed by atoms with van der Waals surface area (Å²) in [6.07, 6.45) is 1.67. The SMILES string of the molecule is CC1CCC(C(=O)NCc2ccccc2CN)O1. The first-order valence-electron chi connectivity index (χ1n) is 6.40. The van der Waals surface area contributed by atoms with Crippen LogP contribution in [0.2, 0.25) is 0 Å². The van der Waals surface area contributed by atoms with E-state index in [1.165, 1.54) is 0 Å². The van der Waals surface area contributed by atoms with Crippen LogP contribution in [0.4, 0.5) is 0 Å². The highest BCUT2D eigenvalue weighted by atomic mass is 16.5. The molecule has 0 aromatic heterocycles. The van der Waals surface area contributed by atoms with Gasteiger partial charge in [-0.1, -0.05) is 24.3 Å². The van der Waals surface area contributed by atoms with Gasteiger partial charge in [0.1, 0.15) is 6.10 Å². The second kappa shape index (κ2) is 5.98. The van der Waals surface area contributed by atoms with Crippen molar-refractivity contribution < 1.29 is 9.53 Å². The number of nitrogens with one attached hydrogen (secondary N) is 1. The second-order valence-electron chi connectivity index (χ2n) is 4.70. The van der Waals surface area contributed by atoms with Crippen LogP contribution in [0.25, 0.3) is 0 Å². The third-order valence-corrected chi connectivity index (χ3v) is 3.32. The minimum Gasteiger partial charge on any atom is -0.365 e. The molecule has 4 heteroatoms. The van der Waals surface area contributed by atoms with Crippen molar-refractivity contribution in [1.82, 2.24) is 5.32 Å². The summed E-state index contributed by atoms with van der Waals surface area (Å²) >= 11 is 0. The lowest BCUT2D eigenvalue weighted by Crippen LogP contribution is -2.34. The number of hydrogen-bond donors (Lipinski definition) is 2. The number of ether oxygens (including phenoxy) is 1. The van der Waals surface area contributed by atoms with Gasteiger partial charge in [-0.15, -0.1) is 0 Å². The molecule has 2 unspecified atom stereocenters. The van der Waals surface area contributed by atoms with Crippen LogP contribution in [0.5, 0.6) is 0 Å². The minimum atomic E-state index is -0.287. The Morgan fingerprint density at radius 1 is 1.39 bits per heavy atom. The molecule has 0 radical (unpaired) electrons. The summed E-state index contributed by atoms with van der Waals surface area (Å²) in [5, 5.41) is 2.92. The van der Waals surface area contributed by atoms with Gasteiger partial charge < -0.3 is 15.8 Å². The molecule has 18 heavy (non-hydrogen) atoms. The Bertz CT molecular complexity index is 420. The van der Waals surface area contributed by atoms with Crippen molar-refractivity contribution in [2.75, 3.05) is 0 Å². The highest BCUT2D eigenvalue weighted by Crippen LogP contribution is 2.19. The molecule has 0 aliphatic carbocycles. The van der Waals surface area contributed by atoms with Crippen molar-refractivity contribution in [2.45, 2.75) is 45.1 Å². The number of carbonyl (C=O) groups excluding carboxylic acids is 1. The molecular formula is C14H20N2O2. The third kappa shape index (κ3) is 3.09. The van der Waals surface area contributed by atoms with Gasteiger partial charge >= 0.3 is 0 Å². The van der Waals surface area contributed by atoms with E-state index in [1.807, 2.05) is 31.2 Å². The first kappa shape index (κ1) is 13.1. The summed E-state index contributed by atoms with van der Waals surface area (Å²) < 4.78 is 5.53. The molecule has 0 spiro atoms. The number of amides is 1. The summed E-state index contributed by atoms with van der Waals surface area (Å²) in [5.74, 6) is -0.0221. The molecule has 2 atom stereocenters. The van der Waals surface area contributed by atoms with E-state index in [2.05, 4.69) is 5.32 Å². The molecule has 1 aromatic carbocycles. The van der Waals surface area contributed by atoms with E-state index in [4.69, 9.17) is 10.5 Å². The maximum absolute atomic E-state index is 11.9. The molecular weight excluding hydrogens is 228 g/mol. The molecule has 2 rings (SSSR count). The van der Waals surface area contributed by atoms with Gasteiger partial charge in [0, 0.05) is 13.1 Å². The van der Waals surface area contributed by atoms with Gasteiger partial charge in [-0.3, -0.25) is 4.79 Å². The lowest BCUT2D eigenvalue weighted by Gasteiger charge is -2.13. The number of hydrogen-bond acceptors (Lipinski definition) is 3. The van der Waals surface area contributed by atoms with E-state index >= 15 is 0 Å². The predicted octanol–water partition coefficient (Wildman–Crippen LogP) is 1.33. The summed E-state index contributed by atoms with van der Waals surface area (Å²) in [5.41, 5.74) is 7.80. The van der Waals surface area contributed by atoms with Crippen LogP contribution in [0, 0.1) is 0 Å². The first-order chi connectivity index (χ1) is 8.70. The lowest BCUT2D eigenvalue weighted by atomic mass is 10.1. The predicted molar refractivity (Wildman–Crippen MR) is 69.7 cm³/mol. The maximum Gasteiger partial charge on any atom is 0.249 e.